The number of fused-ring (bicyclic) bond motifs is 1. The van der Waals surface area contributed by atoms with Crippen LogP contribution in [-0.2, 0) is 14.4 Å². The number of allylic oxidation sites excluding steroid dienone is 1. The molecule has 1 aliphatic carbocycles. The molecule has 25 heavy (non-hydrogen) atoms. The minimum Gasteiger partial charge on any atom is -0.395 e. The molecule has 1 heterocycles. The van der Waals surface area contributed by atoms with Crippen molar-refractivity contribution in [1.82, 2.24) is 15.5 Å². The Morgan fingerprint density at radius 3 is 2.40 bits per heavy atom. The zero-order valence-corrected chi connectivity index (χ0v) is 15.6. The van der Waals surface area contributed by atoms with E-state index in [9.17, 15) is 19.5 Å². The number of carbonyl (C=O) groups is 3. The lowest BCUT2D eigenvalue weighted by atomic mass is 9.70. The largest absolute Gasteiger partial charge is 0.395 e. The Morgan fingerprint density at radius 2 is 1.88 bits per heavy atom. The van der Waals surface area contributed by atoms with Crippen LogP contribution in [0, 0.1) is 23.7 Å². The molecule has 0 spiro atoms. The van der Waals surface area contributed by atoms with Crippen LogP contribution >= 0.6 is 0 Å². The Kier molecular flexibility index (Phi) is 5.56. The van der Waals surface area contributed by atoms with Gasteiger partial charge in [0.2, 0.25) is 17.7 Å². The molecule has 7 heteroatoms. The average molecular weight is 351 g/mol. The van der Waals surface area contributed by atoms with E-state index < -0.39 is 23.4 Å². The molecule has 3 N–H and O–H groups in total. The van der Waals surface area contributed by atoms with Crippen LogP contribution in [0.5, 0.6) is 0 Å². The number of amides is 3. The number of likely N-dealkylation sites (tertiary alicyclic amines) is 1. The van der Waals surface area contributed by atoms with Gasteiger partial charge in [-0.15, -0.1) is 0 Å². The Morgan fingerprint density at radius 1 is 1.24 bits per heavy atom. The monoisotopic (exact) mass is 351 g/mol. The molecule has 5 atom stereocenters. The fourth-order valence-corrected chi connectivity index (χ4v) is 3.95. The van der Waals surface area contributed by atoms with Crippen LogP contribution < -0.4 is 10.6 Å². The van der Waals surface area contributed by atoms with Gasteiger partial charge in [0, 0.05) is 25.0 Å². The maximum absolute atomic E-state index is 13.0. The van der Waals surface area contributed by atoms with Crippen LogP contribution in [0.25, 0.3) is 0 Å². The Bertz CT molecular complexity index is 581. The molecule has 7 nitrogen and oxygen atoms in total. The van der Waals surface area contributed by atoms with Crippen molar-refractivity contribution in [3.63, 3.8) is 0 Å². The summed E-state index contributed by atoms with van der Waals surface area (Å²) in [7, 11) is 1.55. The van der Waals surface area contributed by atoms with Crippen LogP contribution in [0.4, 0.5) is 0 Å². The number of carbonyl (C=O) groups excluding carboxylic acids is 3. The predicted molar refractivity (Wildman–Crippen MR) is 93.3 cm³/mol. The first-order valence-corrected chi connectivity index (χ1v) is 8.75. The molecule has 1 fully saturated rings. The van der Waals surface area contributed by atoms with Crippen molar-refractivity contribution in [3.05, 3.63) is 12.2 Å². The molecule has 0 unspecified atom stereocenters. The van der Waals surface area contributed by atoms with Crippen molar-refractivity contribution in [2.24, 2.45) is 23.7 Å². The maximum atomic E-state index is 13.0. The highest BCUT2D eigenvalue weighted by Crippen LogP contribution is 2.43. The Balaban J connectivity index is 2.42. The molecule has 3 amide bonds. The summed E-state index contributed by atoms with van der Waals surface area (Å²) in [5, 5.41) is 14.9. The molecule has 0 aromatic heterocycles. The van der Waals surface area contributed by atoms with Gasteiger partial charge in [0.1, 0.15) is 6.04 Å². The fourth-order valence-electron chi connectivity index (χ4n) is 3.95. The van der Waals surface area contributed by atoms with Gasteiger partial charge in [-0.05, 0) is 26.7 Å². The van der Waals surface area contributed by atoms with Crippen LogP contribution in [0.15, 0.2) is 12.2 Å². The van der Waals surface area contributed by atoms with E-state index in [-0.39, 0.29) is 42.7 Å². The second-order valence-corrected chi connectivity index (χ2v) is 7.93. The second-order valence-electron chi connectivity index (χ2n) is 7.93. The number of aliphatic hydroxyl groups excluding tert-OH is 1. The van der Waals surface area contributed by atoms with Crippen LogP contribution in [0.2, 0.25) is 0 Å². The number of nitrogens with zero attached hydrogens (tertiary/aromatic N) is 1. The lowest BCUT2D eigenvalue weighted by molar-refractivity contribution is -0.141. The van der Waals surface area contributed by atoms with Gasteiger partial charge in [-0.1, -0.05) is 19.1 Å². The van der Waals surface area contributed by atoms with E-state index in [4.69, 9.17) is 0 Å². The van der Waals surface area contributed by atoms with Crippen LogP contribution in [-0.4, -0.2) is 59.5 Å². The third-order valence-corrected chi connectivity index (χ3v) is 4.93. The van der Waals surface area contributed by atoms with Gasteiger partial charge < -0.3 is 20.6 Å². The average Bonchev–Trinajstić information content (AvgIpc) is 2.78. The van der Waals surface area contributed by atoms with Gasteiger partial charge in [0.05, 0.1) is 18.4 Å². The van der Waals surface area contributed by atoms with Crippen molar-refractivity contribution in [3.8, 4) is 0 Å². The minimum absolute atomic E-state index is 0.0801. The van der Waals surface area contributed by atoms with Gasteiger partial charge in [-0.3, -0.25) is 14.4 Å². The van der Waals surface area contributed by atoms with E-state index in [0.717, 1.165) is 0 Å². The molecule has 0 saturated carbocycles. The van der Waals surface area contributed by atoms with Gasteiger partial charge in [-0.2, -0.15) is 0 Å². The van der Waals surface area contributed by atoms with Gasteiger partial charge in [0.25, 0.3) is 0 Å². The van der Waals surface area contributed by atoms with Crippen molar-refractivity contribution >= 4 is 17.7 Å². The van der Waals surface area contributed by atoms with Crippen LogP contribution in [0.1, 0.15) is 27.7 Å². The highest BCUT2D eigenvalue weighted by molar-refractivity contribution is 5.96. The van der Waals surface area contributed by atoms with E-state index in [2.05, 4.69) is 10.6 Å². The fraction of sp³-hybridized carbons (Fsp3) is 0.722. The Hall–Kier alpha value is -1.89. The zero-order valence-electron chi connectivity index (χ0n) is 15.6. The van der Waals surface area contributed by atoms with E-state index in [1.807, 2.05) is 39.8 Å². The molecular weight excluding hydrogens is 322 g/mol. The molecule has 2 rings (SSSR count). The molecule has 0 aromatic rings. The summed E-state index contributed by atoms with van der Waals surface area (Å²) in [4.78, 5) is 39.7. The van der Waals surface area contributed by atoms with E-state index in [1.54, 1.807) is 7.05 Å². The van der Waals surface area contributed by atoms with Gasteiger partial charge in [-0.25, -0.2) is 0 Å². The molecule has 0 radical (unpaired) electrons. The van der Waals surface area contributed by atoms with E-state index in [0.29, 0.717) is 0 Å². The van der Waals surface area contributed by atoms with Crippen molar-refractivity contribution in [2.45, 2.75) is 39.3 Å². The van der Waals surface area contributed by atoms with Gasteiger partial charge in [0.15, 0.2) is 0 Å². The smallest absolute Gasteiger partial charge is 0.243 e. The summed E-state index contributed by atoms with van der Waals surface area (Å²) in [5.41, 5.74) is -0.436. The zero-order chi connectivity index (χ0) is 18.9. The highest BCUT2D eigenvalue weighted by Gasteiger charge is 2.56. The normalized spacial score (nSPS) is 31.7. The number of aliphatic hydroxyl groups is 1. The SMILES string of the molecule is CNC(=O)[C@H]1[C@H]2C(=O)N(CCO)[C@H](C(=O)NC(C)(C)C)[C@H]2C=C[C@H]1C. The number of hydrogen-bond donors (Lipinski definition) is 3. The number of hydrogen-bond acceptors (Lipinski definition) is 4. The number of β-amino-alcohol motifs (C(OH)–C–C–N with tert-alkyl or cyclic N) is 1. The van der Waals surface area contributed by atoms with Crippen molar-refractivity contribution in [1.29, 1.82) is 0 Å². The molecular formula is C18H29N3O4. The lowest BCUT2D eigenvalue weighted by Gasteiger charge is -2.33. The molecule has 2 aliphatic rings. The summed E-state index contributed by atoms with van der Waals surface area (Å²) < 4.78 is 0. The highest BCUT2D eigenvalue weighted by atomic mass is 16.3. The molecule has 0 bridgehead atoms. The summed E-state index contributed by atoms with van der Waals surface area (Å²) in [6, 6.07) is -0.709. The van der Waals surface area contributed by atoms with Crippen LogP contribution in [0.3, 0.4) is 0 Å². The number of rotatable bonds is 4. The third-order valence-electron chi connectivity index (χ3n) is 4.93. The molecule has 0 aromatic carbocycles. The third kappa shape index (κ3) is 3.71. The van der Waals surface area contributed by atoms with Crippen molar-refractivity contribution in [2.75, 3.05) is 20.2 Å². The van der Waals surface area contributed by atoms with E-state index >= 15 is 0 Å². The standard InChI is InChI=1S/C18H29N3O4/c1-10-6-7-11-13(12(10)15(23)19-5)17(25)21(8-9-22)14(11)16(24)20-18(2,3)4/h6-7,10-14,22H,8-9H2,1-5H3,(H,19,23)(H,20,24)/t10-,11+,12-,13+,14+/m1/s1. The first-order valence-electron chi connectivity index (χ1n) is 8.75. The maximum Gasteiger partial charge on any atom is 0.243 e. The summed E-state index contributed by atoms with van der Waals surface area (Å²) in [5.74, 6) is -2.25. The molecule has 140 valence electrons. The first kappa shape index (κ1) is 19.4. The predicted octanol–water partition coefficient (Wildman–Crippen LogP) is -0.0953. The first-order chi connectivity index (χ1) is 11.6. The Labute approximate surface area is 148 Å². The molecule has 1 saturated heterocycles. The summed E-state index contributed by atoms with van der Waals surface area (Å²) in [6.45, 7) is 7.38. The van der Waals surface area contributed by atoms with E-state index in [1.165, 1.54) is 4.90 Å². The quantitative estimate of drug-likeness (QED) is 0.616. The summed E-state index contributed by atoms with van der Waals surface area (Å²) >= 11 is 0. The number of nitrogens with one attached hydrogen (secondary N) is 2. The summed E-state index contributed by atoms with van der Waals surface area (Å²) in [6.07, 6.45) is 3.80. The minimum atomic E-state index is -0.709. The topological polar surface area (TPSA) is 98.7 Å². The van der Waals surface area contributed by atoms with Gasteiger partial charge >= 0.3 is 0 Å². The second kappa shape index (κ2) is 7.15. The lowest BCUT2D eigenvalue weighted by Crippen LogP contribution is -2.53. The molecule has 1 aliphatic heterocycles. The van der Waals surface area contributed by atoms with Crippen molar-refractivity contribution < 1.29 is 19.5 Å².